The van der Waals surface area contributed by atoms with Gasteiger partial charge in [-0.1, -0.05) is 11.6 Å². The Balaban J connectivity index is 2.42. The molecule has 0 radical (unpaired) electrons. The van der Waals surface area contributed by atoms with Crippen molar-refractivity contribution in [3.63, 3.8) is 0 Å². The lowest BCUT2D eigenvalue weighted by atomic mass is 10.3. The van der Waals surface area contributed by atoms with Gasteiger partial charge < -0.3 is 10.1 Å². The van der Waals surface area contributed by atoms with E-state index in [9.17, 15) is 4.39 Å². The molecule has 0 amide bonds. The second-order valence-electron chi connectivity index (χ2n) is 2.78. The summed E-state index contributed by atoms with van der Waals surface area (Å²) in [5, 5.41) is 3.40. The third kappa shape index (κ3) is 3.94. The van der Waals surface area contributed by atoms with Crippen LogP contribution in [0, 0.1) is 5.82 Å². The van der Waals surface area contributed by atoms with Crippen LogP contribution in [0.15, 0.2) is 18.2 Å². The zero-order chi connectivity index (χ0) is 10.4. The maximum Gasteiger partial charge on any atom is 0.126 e. The number of benzene rings is 1. The third-order valence-corrected chi connectivity index (χ3v) is 1.86. The van der Waals surface area contributed by atoms with Crippen molar-refractivity contribution in [2.75, 3.05) is 25.1 Å². The summed E-state index contributed by atoms with van der Waals surface area (Å²) in [5.41, 5.74) is 0.676. The predicted molar refractivity (Wildman–Crippen MR) is 56.4 cm³/mol. The van der Waals surface area contributed by atoms with E-state index < -0.39 is 0 Å². The predicted octanol–water partition coefficient (Wildman–Crippen LogP) is 2.93. The van der Waals surface area contributed by atoms with Crippen molar-refractivity contribution in [2.24, 2.45) is 0 Å². The van der Waals surface area contributed by atoms with Gasteiger partial charge in [0.05, 0.1) is 6.61 Å². The molecule has 0 saturated carbocycles. The van der Waals surface area contributed by atoms with Gasteiger partial charge in [-0.15, -0.1) is 0 Å². The fourth-order valence-corrected chi connectivity index (χ4v) is 1.29. The van der Waals surface area contributed by atoms with E-state index in [0.29, 0.717) is 30.5 Å². The van der Waals surface area contributed by atoms with E-state index in [1.165, 1.54) is 12.1 Å². The highest BCUT2D eigenvalue weighted by molar-refractivity contribution is 6.30. The number of rotatable bonds is 5. The van der Waals surface area contributed by atoms with Gasteiger partial charge in [-0.2, -0.15) is 0 Å². The van der Waals surface area contributed by atoms with Crippen molar-refractivity contribution in [3.05, 3.63) is 29.0 Å². The fourth-order valence-electron chi connectivity index (χ4n) is 1.07. The maximum absolute atomic E-state index is 12.8. The Kier molecular flexibility index (Phi) is 4.70. The number of halogens is 2. The molecule has 0 aliphatic heterocycles. The average molecular weight is 218 g/mol. The van der Waals surface area contributed by atoms with Crippen molar-refractivity contribution in [2.45, 2.75) is 6.92 Å². The first-order valence-electron chi connectivity index (χ1n) is 4.50. The maximum atomic E-state index is 12.8. The van der Waals surface area contributed by atoms with Crippen LogP contribution in [0.2, 0.25) is 5.02 Å². The number of hydrogen-bond acceptors (Lipinski definition) is 2. The molecule has 2 nitrogen and oxygen atoms in total. The molecule has 4 heteroatoms. The molecule has 0 saturated heterocycles. The van der Waals surface area contributed by atoms with Crippen molar-refractivity contribution in [3.8, 4) is 0 Å². The minimum atomic E-state index is -0.337. The Labute approximate surface area is 88.0 Å². The molecular weight excluding hydrogens is 205 g/mol. The van der Waals surface area contributed by atoms with E-state index in [-0.39, 0.29) is 5.82 Å². The van der Waals surface area contributed by atoms with Gasteiger partial charge in [0, 0.05) is 23.9 Å². The van der Waals surface area contributed by atoms with Crippen LogP contribution < -0.4 is 5.32 Å². The summed E-state index contributed by atoms with van der Waals surface area (Å²) in [4.78, 5) is 0. The van der Waals surface area contributed by atoms with Crippen LogP contribution in [0.25, 0.3) is 0 Å². The van der Waals surface area contributed by atoms with Gasteiger partial charge in [0.25, 0.3) is 0 Å². The minimum Gasteiger partial charge on any atom is -0.383 e. The van der Waals surface area contributed by atoms with Crippen molar-refractivity contribution < 1.29 is 9.13 Å². The minimum absolute atomic E-state index is 0.337. The smallest absolute Gasteiger partial charge is 0.126 e. The molecule has 0 atom stereocenters. The molecule has 0 spiro atoms. The van der Waals surface area contributed by atoms with Gasteiger partial charge >= 0.3 is 0 Å². The molecule has 0 aromatic heterocycles. The summed E-state index contributed by atoms with van der Waals surface area (Å²) in [5.74, 6) is -0.337. The number of anilines is 1. The van der Waals surface area contributed by atoms with Crippen molar-refractivity contribution in [1.82, 2.24) is 0 Å². The quantitative estimate of drug-likeness (QED) is 0.766. The first-order chi connectivity index (χ1) is 6.72. The highest BCUT2D eigenvalue weighted by atomic mass is 35.5. The van der Waals surface area contributed by atoms with Crippen LogP contribution in [0.4, 0.5) is 10.1 Å². The van der Waals surface area contributed by atoms with Gasteiger partial charge in [-0.25, -0.2) is 4.39 Å². The lowest BCUT2D eigenvalue weighted by Crippen LogP contribution is -2.09. The molecule has 0 heterocycles. The molecular formula is C10H13ClFNO. The first-order valence-corrected chi connectivity index (χ1v) is 4.88. The number of hydrogen-bond donors (Lipinski definition) is 1. The van der Waals surface area contributed by atoms with E-state index in [4.69, 9.17) is 16.3 Å². The van der Waals surface area contributed by atoms with E-state index in [1.54, 1.807) is 6.07 Å². The van der Waals surface area contributed by atoms with E-state index in [1.807, 2.05) is 6.92 Å². The van der Waals surface area contributed by atoms with E-state index in [0.717, 1.165) is 0 Å². The molecule has 78 valence electrons. The van der Waals surface area contributed by atoms with Crippen LogP contribution >= 0.6 is 11.6 Å². The van der Waals surface area contributed by atoms with Gasteiger partial charge in [-0.05, 0) is 25.1 Å². The lowest BCUT2D eigenvalue weighted by molar-refractivity contribution is 0.158. The molecule has 1 aromatic carbocycles. The van der Waals surface area contributed by atoms with Crippen LogP contribution in [0.3, 0.4) is 0 Å². The van der Waals surface area contributed by atoms with Gasteiger partial charge in [0.2, 0.25) is 0 Å². The number of nitrogens with one attached hydrogen (secondary N) is 1. The molecule has 0 fully saturated rings. The standard InChI is InChI=1S/C10H13ClFNO/c1-2-14-4-3-13-10-6-8(11)5-9(12)7-10/h5-7,13H,2-4H2,1H3. The highest BCUT2D eigenvalue weighted by Crippen LogP contribution is 2.17. The molecule has 1 aromatic rings. The molecule has 14 heavy (non-hydrogen) atoms. The normalized spacial score (nSPS) is 10.2. The van der Waals surface area contributed by atoms with Gasteiger partial charge in [0.1, 0.15) is 5.82 Å². The summed E-state index contributed by atoms with van der Waals surface area (Å²) in [6, 6.07) is 4.35. The van der Waals surface area contributed by atoms with Crippen LogP contribution in [-0.4, -0.2) is 19.8 Å². The lowest BCUT2D eigenvalue weighted by Gasteiger charge is -2.06. The zero-order valence-electron chi connectivity index (χ0n) is 8.02. The molecule has 1 N–H and O–H groups in total. The third-order valence-electron chi connectivity index (χ3n) is 1.64. The summed E-state index contributed by atoms with van der Waals surface area (Å²) in [6.07, 6.45) is 0. The molecule has 1 rings (SSSR count). The average Bonchev–Trinajstić information content (AvgIpc) is 2.11. The topological polar surface area (TPSA) is 21.3 Å². The Morgan fingerprint density at radius 1 is 1.43 bits per heavy atom. The van der Waals surface area contributed by atoms with Crippen LogP contribution in [0.5, 0.6) is 0 Å². The van der Waals surface area contributed by atoms with Crippen molar-refractivity contribution >= 4 is 17.3 Å². The molecule has 0 aliphatic carbocycles. The summed E-state index contributed by atoms with van der Waals surface area (Å²) >= 11 is 5.68. The monoisotopic (exact) mass is 217 g/mol. The molecule has 0 aliphatic rings. The SMILES string of the molecule is CCOCCNc1cc(F)cc(Cl)c1. The van der Waals surface area contributed by atoms with E-state index >= 15 is 0 Å². The van der Waals surface area contributed by atoms with Crippen molar-refractivity contribution in [1.29, 1.82) is 0 Å². The largest absolute Gasteiger partial charge is 0.383 e. The summed E-state index contributed by atoms with van der Waals surface area (Å²) < 4.78 is 18.0. The van der Waals surface area contributed by atoms with Crippen LogP contribution in [0.1, 0.15) is 6.92 Å². The van der Waals surface area contributed by atoms with E-state index in [2.05, 4.69) is 5.32 Å². The summed E-state index contributed by atoms with van der Waals surface area (Å²) in [7, 11) is 0. The second-order valence-corrected chi connectivity index (χ2v) is 3.22. The second kappa shape index (κ2) is 5.83. The van der Waals surface area contributed by atoms with Gasteiger partial charge in [0.15, 0.2) is 0 Å². The highest BCUT2D eigenvalue weighted by Gasteiger charge is 1.97. The summed E-state index contributed by atoms with van der Waals surface area (Å²) in [6.45, 7) is 3.86. The molecule has 0 unspecified atom stereocenters. The Morgan fingerprint density at radius 2 is 2.21 bits per heavy atom. The Hall–Kier alpha value is -0.800. The number of ether oxygens (including phenoxy) is 1. The van der Waals surface area contributed by atoms with Gasteiger partial charge in [-0.3, -0.25) is 0 Å². The first kappa shape index (κ1) is 11.3. The zero-order valence-corrected chi connectivity index (χ0v) is 8.77. The molecule has 0 bridgehead atoms. The Morgan fingerprint density at radius 3 is 2.86 bits per heavy atom. The Bertz CT molecular complexity index is 273. The fraction of sp³-hybridized carbons (Fsp3) is 0.400. The van der Waals surface area contributed by atoms with Crippen LogP contribution in [-0.2, 0) is 4.74 Å².